The van der Waals surface area contributed by atoms with Crippen LogP contribution in [-0.4, -0.2) is 37.1 Å². The summed E-state index contributed by atoms with van der Waals surface area (Å²) < 4.78 is 80.1. The van der Waals surface area contributed by atoms with E-state index in [0.29, 0.717) is 12.1 Å². The molecule has 1 aromatic carbocycles. The Kier molecular flexibility index (Phi) is 4.96. The number of carbonyl (C=O) groups is 1. The Morgan fingerprint density at radius 1 is 1.09 bits per heavy atom. The maximum atomic E-state index is 12.6. The summed E-state index contributed by atoms with van der Waals surface area (Å²) in [6.45, 7) is -0.321. The number of methoxy groups -OCH3 is 1. The minimum absolute atomic E-state index is 0.0841. The van der Waals surface area contributed by atoms with E-state index in [1.165, 1.54) is 0 Å². The lowest BCUT2D eigenvalue weighted by Crippen LogP contribution is -2.53. The summed E-state index contributed by atoms with van der Waals surface area (Å²) in [5.41, 5.74) is -6.27. The van der Waals surface area contributed by atoms with Gasteiger partial charge in [0.15, 0.2) is 0 Å². The minimum atomic E-state index is -5.94. The summed E-state index contributed by atoms with van der Waals surface area (Å²) in [5, 5.41) is 11.6. The average Bonchev–Trinajstić information content (AvgIpc) is 2.42. The van der Waals surface area contributed by atoms with Crippen molar-refractivity contribution in [2.24, 2.45) is 0 Å². The second-order valence-electron chi connectivity index (χ2n) is 4.21. The van der Waals surface area contributed by atoms with Gasteiger partial charge in [-0.25, -0.2) is 0 Å². The topological polar surface area (TPSA) is 58.6 Å². The van der Waals surface area contributed by atoms with Gasteiger partial charge in [0.1, 0.15) is 6.54 Å². The predicted octanol–water partition coefficient (Wildman–Crippen LogP) is 2.58. The van der Waals surface area contributed by atoms with E-state index in [4.69, 9.17) is 5.11 Å². The maximum Gasteiger partial charge on any atom is 0.430 e. The minimum Gasteiger partial charge on any atom is -0.468 e. The fourth-order valence-corrected chi connectivity index (χ4v) is 1.56. The number of ether oxygens (including phenoxy) is 1. The Morgan fingerprint density at radius 3 is 1.91 bits per heavy atom. The smallest absolute Gasteiger partial charge is 0.430 e. The molecule has 1 rings (SSSR count). The van der Waals surface area contributed by atoms with Gasteiger partial charge in [-0.2, -0.15) is 26.3 Å². The van der Waals surface area contributed by atoms with Crippen molar-refractivity contribution >= 4 is 11.7 Å². The van der Waals surface area contributed by atoms with Crippen LogP contribution < -0.4 is 5.32 Å². The third-order valence-corrected chi connectivity index (χ3v) is 2.79. The van der Waals surface area contributed by atoms with Crippen LogP contribution in [0.2, 0.25) is 0 Å². The monoisotopic (exact) mass is 331 g/mol. The zero-order valence-electron chi connectivity index (χ0n) is 11.0. The van der Waals surface area contributed by atoms with Crippen molar-refractivity contribution in [2.45, 2.75) is 18.0 Å². The zero-order chi connectivity index (χ0) is 17.2. The lowest BCUT2D eigenvalue weighted by Gasteiger charge is -2.32. The molecule has 0 aromatic heterocycles. The molecule has 0 heterocycles. The fraction of sp³-hybridized carbons (Fsp3) is 0.417. The van der Waals surface area contributed by atoms with Crippen LogP contribution >= 0.6 is 0 Å². The van der Waals surface area contributed by atoms with E-state index in [1.54, 1.807) is 0 Å². The third-order valence-electron chi connectivity index (χ3n) is 2.79. The first kappa shape index (κ1) is 18.1. The fourth-order valence-electron chi connectivity index (χ4n) is 1.56. The molecular weight excluding hydrogens is 320 g/mol. The van der Waals surface area contributed by atoms with E-state index < -0.39 is 29.5 Å². The summed E-state index contributed by atoms with van der Waals surface area (Å²) in [6, 6.07) is 2.70. The number of anilines is 1. The van der Waals surface area contributed by atoms with Crippen molar-refractivity contribution in [2.75, 3.05) is 19.0 Å². The number of hydrogen-bond acceptors (Lipinski definition) is 4. The van der Waals surface area contributed by atoms with Gasteiger partial charge in [0.05, 0.1) is 7.11 Å². The molecule has 0 atom stereocenters. The number of hydrogen-bond donors (Lipinski definition) is 2. The molecule has 0 spiro atoms. The molecule has 0 fully saturated rings. The molecule has 10 heteroatoms. The Balaban J connectivity index is 3.08. The molecule has 1 aromatic rings. The molecule has 0 aliphatic heterocycles. The highest BCUT2D eigenvalue weighted by Crippen LogP contribution is 2.50. The van der Waals surface area contributed by atoms with E-state index in [9.17, 15) is 31.1 Å². The second kappa shape index (κ2) is 6.03. The van der Waals surface area contributed by atoms with Crippen molar-refractivity contribution in [1.82, 2.24) is 0 Å². The van der Waals surface area contributed by atoms with Gasteiger partial charge in [0.2, 0.25) is 0 Å². The number of esters is 1. The van der Waals surface area contributed by atoms with Gasteiger partial charge < -0.3 is 15.2 Å². The first-order valence-electron chi connectivity index (χ1n) is 5.70. The molecule has 0 aliphatic carbocycles. The van der Waals surface area contributed by atoms with Crippen LogP contribution in [-0.2, 0) is 15.1 Å². The average molecular weight is 331 g/mol. The molecule has 0 unspecified atom stereocenters. The highest BCUT2D eigenvalue weighted by Gasteiger charge is 2.71. The van der Waals surface area contributed by atoms with Crippen LogP contribution in [0.15, 0.2) is 24.3 Å². The van der Waals surface area contributed by atoms with E-state index in [2.05, 4.69) is 10.1 Å². The Hall–Kier alpha value is -1.97. The standard InChI is InChI=1S/C12H11F6NO3/c1-22-9(20)6-19-8-4-2-7(3-5-8)10(21,11(13,14)15)12(16,17)18/h2-5,19,21H,6H2,1H3. The van der Waals surface area contributed by atoms with Gasteiger partial charge in [-0.1, -0.05) is 12.1 Å². The van der Waals surface area contributed by atoms with Gasteiger partial charge in [0.25, 0.3) is 5.60 Å². The molecule has 0 bridgehead atoms. The van der Waals surface area contributed by atoms with Gasteiger partial charge in [-0.3, -0.25) is 4.79 Å². The number of alkyl halides is 6. The molecule has 124 valence electrons. The number of benzene rings is 1. The lowest BCUT2D eigenvalue weighted by molar-refractivity contribution is -0.376. The zero-order valence-corrected chi connectivity index (χ0v) is 11.0. The number of halogens is 6. The van der Waals surface area contributed by atoms with Gasteiger partial charge >= 0.3 is 18.3 Å². The van der Waals surface area contributed by atoms with E-state index >= 15 is 0 Å². The molecule has 4 nitrogen and oxygen atoms in total. The van der Waals surface area contributed by atoms with Crippen LogP contribution in [0.25, 0.3) is 0 Å². The van der Waals surface area contributed by atoms with Gasteiger partial charge in [-0.15, -0.1) is 0 Å². The maximum absolute atomic E-state index is 12.6. The number of carbonyl (C=O) groups excluding carboxylic acids is 1. The molecule has 0 saturated carbocycles. The Labute approximate surface area is 120 Å². The van der Waals surface area contributed by atoms with Crippen molar-refractivity contribution in [3.05, 3.63) is 29.8 Å². The third kappa shape index (κ3) is 3.43. The molecule has 2 N–H and O–H groups in total. The molecule has 0 aliphatic rings. The molecule has 0 radical (unpaired) electrons. The first-order valence-corrected chi connectivity index (χ1v) is 5.70. The van der Waals surface area contributed by atoms with Crippen molar-refractivity contribution in [3.8, 4) is 0 Å². The normalized spacial score (nSPS) is 12.9. The quantitative estimate of drug-likeness (QED) is 0.658. The number of nitrogens with one attached hydrogen (secondary N) is 1. The Morgan fingerprint density at radius 2 is 1.55 bits per heavy atom. The highest BCUT2D eigenvalue weighted by molar-refractivity contribution is 5.74. The van der Waals surface area contributed by atoms with E-state index in [0.717, 1.165) is 19.2 Å². The summed E-state index contributed by atoms with van der Waals surface area (Å²) in [7, 11) is 1.11. The van der Waals surface area contributed by atoms with Gasteiger partial charge in [-0.05, 0) is 12.1 Å². The SMILES string of the molecule is COC(=O)CNc1ccc(C(O)(C(F)(F)F)C(F)(F)F)cc1. The molecule has 22 heavy (non-hydrogen) atoms. The van der Waals surface area contributed by atoms with Crippen molar-refractivity contribution < 1.29 is 41.0 Å². The summed E-state index contributed by atoms with van der Waals surface area (Å²) in [4.78, 5) is 10.9. The van der Waals surface area contributed by atoms with Gasteiger partial charge in [0, 0.05) is 11.3 Å². The summed E-state index contributed by atoms with van der Waals surface area (Å²) in [5.74, 6) is -0.675. The molecular formula is C12H11F6NO3. The van der Waals surface area contributed by atoms with Crippen LogP contribution in [0.5, 0.6) is 0 Å². The summed E-state index contributed by atoms with van der Waals surface area (Å²) >= 11 is 0. The van der Waals surface area contributed by atoms with Crippen LogP contribution in [0.3, 0.4) is 0 Å². The molecule has 0 amide bonds. The van der Waals surface area contributed by atoms with Crippen LogP contribution in [0, 0.1) is 0 Å². The Bertz CT molecular complexity index is 509. The van der Waals surface area contributed by atoms with E-state index in [1.807, 2.05) is 0 Å². The first-order chi connectivity index (χ1) is 9.93. The lowest BCUT2D eigenvalue weighted by atomic mass is 9.92. The van der Waals surface area contributed by atoms with E-state index in [-0.39, 0.29) is 12.2 Å². The molecule has 0 saturated heterocycles. The number of rotatable bonds is 4. The second-order valence-corrected chi connectivity index (χ2v) is 4.21. The highest BCUT2D eigenvalue weighted by atomic mass is 19.4. The van der Waals surface area contributed by atoms with Crippen molar-refractivity contribution in [1.29, 1.82) is 0 Å². The van der Waals surface area contributed by atoms with Crippen LogP contribution in [0.4, 0.5) is 32.0 Å². The van der Waals surface area contributed by atoms with Crippen molar-refractivity contribution in [3.63, 3.8) is 0 Å². The largest absolute Gasteiger partial charge is 0.468 e. The number of aliphatic hydroxyl groups is 1. The summed E-state index contributed by atoms with van der Waals surface area (Å²) in [6.07, 6.45) is -11.9. The predicted molar refractivity (Wildman–Crippen MR) is 63.0 cm³/mol. The van der Waals surface area contributed by atoms with Crippen LogP contribution in [0.1, 0.15) is 5.56 Å².